The summed E-state index contributed by atoms with van der Waals surface area (Å²) in [6, 6.07) is 0. The van der Waals surface area contributed by atoms with Gasteiger partial charge in [0.1, 0.15) is 0 Å². The van der Waals surface area contributed by atoms with Crippen molar-refractivity contribution in [2.24, 2.45) is 17.6 Å². The third kappa shape index (κ3) is 13.9. The van der Waals surface area contributed by atoms with E-state index in [1.165, 1.54) is 19.3 Å². The van der Waals surface area contributed by atoms with Crippen molar-refractivity contribution in [1.82, 2.24) is 5.32 Å². The SMILES string of the molecule is CCC(CCCN)C(C)C.CNC(C)(C)C. The van der Waals surface area contributed by atoms with Crippen LogP contribution in [-0.4, -0.2) is 19.1 Å². The fourth-order valence-electron chi connectivity index (χ4n) is 1.39. The molecule has 0 bridgehead atoms. The molecule has 0 fully saturated rings. The average Bonchev–Trinajstić information content (AvgIpc) is 2.18. The Morgan fingerprint density at radius 3 is 1.81 bits per heavy atom. The average molecular weight is 230 g/mol. The van der Waals surface area contributed by atoms with Crippen LogP contribution < -0.4 is 11.1 Å². The summed E-state index contributed by atoms with van der Waals surface area (Å²) in [5, 5.41) is 3.10. The number of nitrogens with two attached hydrogens (primary N) is 1. The molecule has 16 heavy (non-hydrogen) atoms. The summed E-state index contributed by atoms with van der Waals surface area (Å²) in [6.45, 7) is 14.1. The second kappa shape index (κ2) is 10.1. The molecule has 1 unspecified atom stereocenters. The van der Waals surface area contributed by atoms with E-state index in [-0.39, 0.29) is 0 Å². The van der Waals surface area contributed by atoms with Crippen LogP contribution in [0.3, 0.4) is 0 Å². The van der Waals surface area contributed by atoms with Gasteiger partial charge in [-0.25, -0.2) is 0 Å². The van der Waals surface area contributed by atoms with Crippen molar-refractivity contribution in [1.29, 1.82) is 0 Å². The molecule has 2 nitrogen and oxygen atoms in total. The second-order valence-electron chi connectivity index (χ2n) is 5.84. The summed E-state index contributed by atoms with van der Waals surface area (Å²) < 4.78 is 0. The van der Waals surface area contributed by atoms with Gasteiger partial charge in [0.05, 0.1) is 0 Å². The van der Waals surface area contributed by atoms with E-state index in [0.717, 1.165) is 18.4 Å². The van der Waals surface area contributed by atoms with Crippen LogP contribution in [0, 0.1) is 11.8 Å². The highest BCUT2D eigenvalue weighted by Crippen LogP contribution is 2.19. The standard InChI is InChI=1S/C9H21N.C5H13N/c1-4-9(8(2)3)6-5-7-10;1-5(2,3)6-4/h8-9H,4-7,10H2,1-3H3;6H,1-4H3. The molecule has 2 heteroatoms. The molecule has 0 aromatic rings. The van der Waals surface area contributed by atoms with Crippen LogP contribution in [0.25, 0.3) is 0 Å². The molecule has 0 aliphatic heterocycles. The van der Waals surface area contributed by atoms with Crippen LogP contribution in [0.4, 0.5) is 0 Å². The molecule has 0 amide bonds. The molecule has 0 rings (SSSR count). The molecule has 0 aromatic carbocycles. The van der Waals surface area contributed by atoms with E-state index in [0.29, 0.717) is 5.54 Å². The van der Waals surface area contributed by atoms with Crippen molar-refractivity contribution in [2.75, 3.05) is 13.6 Å². The van der Waals surface area contributed by atoms with E-state index >= 15 is 0 Å². The van der Waals surface area contributed by atoms with Gasteiger partial charge in [-0.3, -0.25) is 0 Å². The summed E-state index contributed by atoms with van der Waals surface area (Å²) >= 11 is 0. The van der Waals surface area contributed by atoms with Gasteiger partial charge in [-0.2, -0.15) is 0 Å². The highest BCUT2D eigenvalue weighted by molar-refractivity contribution is 4.65. The van der Waals surface area contributed by atoms with Gasteiger partial charge in [0, 0.05) is 5.54 Å². The Kier molecular flexibility index (Phi) is 11.5. The molecule has 0 heterocycles. The molecule has 0 saturated heterocycles. The summed E-state index contributed by atoms with van der Waals surface area (Å²) in [5.74, 6) is 1.72. The van der Waals surface area contributed by atoms with Crippen LogP contribution in [0.2, 0.25) is 0 Å². The third-order valence-corrected chi connectivity index (χ3v) is 3.00. The topological polar surface area (TPSA) is 38.0 Å². The number of rotatable bonds is 5. The van der Waals surface area contributed by atoms with Gasteiger partial charge in [-0.05, 0) is 59.0 Å². The second-order valence-corrected chi connectivity index (χ2v) is 5.84. The minimum absolute atomic E-state index is 0.292. The van der Waals surface area contributed by atoms with E-state index in [2.05, 4.69) is 46.9 Å². The molecule has 1 atom stereocenters. The minimum atomic E-state index is 0.292. The van der Waals surface area contributed by atoms with E-state index in [4.69, 9.17) is 5.73 Å². The first-order valence-electron chi connectivity index (χ1n) is 6.67. The van der Waals surface area contributed by atoms with Crippen LogP contribution in [0.15, 0.2) is 0 Å². The number of nitrogens with one attached hydrogen (secondary N) is 1. The van der Waals surface area contributed by atoms with Crippen LogP contribution in [0.5, 0.6) is 0 Å². The molecule has 100 valence electrons. The Morgan fingerprint density at radius 2 is 1.62 bits per heavy atom. The van der Waals surface area contributed by atoms with Gasteiger partial charge >= 0.3 is 0 Å². The Hall–Kier alpha value is -0.0800. The fraction of sp³-hybridized carbons (Fsp3) is 1.00. The number of hydrogen-bond acceptors (Lipinski definition) is 2. The highest BCUT2D eigenvalue weighted by Gasteiger charge is 2.09. The van der Waals surface area contributed by atoms with Crippen molar-refractivity contribution in [3.63, 3.8) is 0 Å². The zero-order chi connectivity index (χ0) is 13.2. The maximum atomic E-state index is 5.43. The monoisotopic (exact) mass is 230 g/mol. The predicted octanol–water partition coefficient (Wildman–Crippen LogP) is 3.41. The highest BCUT2D eigenvalue weighted by atomic mass is 14.9. The Labute approximate surface area is 103 Å². The molecular weight excluding hydrogens is 196 g/mol. The third-order valence-electron chi connectivity index (χ3n) is 3.00. The zero-order valence-corrected chi connectivity index (χ0v) is 12.6. The van der Waals surface area contributed by atoms with E-state index in [1.807, 2.05) is 7.05 Å². The van der Waals surface area contributed by atoms with Gasteiger partial charge in [0.15, 0.2) is 0 Å². The molecule has 0 aliphatic rings. The summed E-state index contributed by atoms with van der Waals surface area (Å²) in [4.78, 5) is 0. The smallest absolute Gasteiger partial charge is 0.00935 e. The first kappa shape index (κ1) is 18.3. The molecule has 0 spiro atoms. The van der Waals surface area contributed by atoms with Gasteiger partial charge in [-0.1, -0.05) is 27.2 Å². The van der Waals surface area contributed by atoms with Gasteiger partial charge in [0.2, 0.25) is 0 Å². The van der Waals surface area contributed by atoms with Crippen LogP contribution in [-0.2, 0) is 0 Å². The molecule has 0 radical (unpaired) electrons. The normalized spacial score (nSPS) is 13.3. The van der Waals surface area contributed by atoms with Crippen LogP contribution in [0.1, 0.15) is 60.8 Å². The largest absolute Gasteiger partial charge is 0.330 e. The fourth-order valence-corrected chi connectivity index (χ4v) is 1.39. The van der Waals surface area contributed by atoms with Gasteiger partial charge < -0.3 is 11.1 Å². The first-order valence-corrected chi connectivity index (χ1v) is 6.67. The van der Waals surface area contributed by atoms with Crippen molar-refractivity contribution in [3.8, 4) is 0 Å². The maximum absolute atomic E-state index is 5.43. The lowest BCUT2D eigenvalue weighted by Crippen LogP contribution is -2.31. The molecule has 0 saturated carbocycles. The summed E-state index contributed by atoms with van der Waals surface area (Å²) in [6.07, 6.45) is 3.80. The predicted molar refractivity (Wildman–Crippen MR) is 75.7 cm³/mol. The number of hydrogen-bond donors (Lipinski definition) is 2. The summed E-state index contributed by atoms with van der Waals surface area (Å²) in [7, 11) is 1.96. The van der Waals surface area contributed by atoms with E-state index < -0.39 is 0 Å². The summed E-state index contributed by atoms with van der Waals surface area (Å²) in [5.41, 5.74) is 5.72. The van der Waals surface area contributed by atoms with Gasteiger partial charge in [0.25, 0.3) is 0 Å². The molecular formula is C14H34N2. The Morgan fingerprint density at radius 1 is 1.19 bits per heavy atom. The van der Waals surface area contributed by atoms with Crippen molar-refractivity contribution >= 4 is 0 Å². The molecule has 0 aromatic heterocycles. The zero-order valence-electron chi connectivity index (χ0n) is 12.6. The van der Waals surface area contributed by atoms with Crippen LogP contribution >= 0.6 is 0 Å². The molecule has 3 N–H and O–H groups in total. The minimum Gasteiger partial charge on any atom is -0.330 e. The lowest BCUT2D eigenvalue weighted by Gasteiger charge is -2.17. The Bertz CT molecular complexity index is 136. The lowest BCUT2D eigenvalue weighted by molar-refractivity contribution is 0.343. The van der Waals surface area contributed by atoms with E-state index in [9.17, 15) is 0 Å². The Balaban J connectivity index is 0. The molecule has 0 aliphatic carbocycles. The van der Waals surface area contributed by atoms with Crippen molar-refractivity contribution in [3.05, 3.63) is 0 Å². The lowest BCUT2D eigenvalue weighted by atomic mass is 9.89. The van der Waals surface area contributed by atoms with Crippen molar-refractivity contribution < 1.29 is 0 Å². The maximum Gasteiger partial charge on any atom is 0.00935 e. The quantitative estimate of drug-likeness (QED) is 0.759. The van der Waals surface area contributed by atoms with Gasteiger partial charge in [-0.15, -0.1) is 0 Å². The van der Waals surface area contributed by atoms with Crippen molar-refractivity contribution in [2.45, 2.75) is 66.3 Å². The first-order chi connectivity index (χ1) is 7.28. The van der Waals surface area contributed by atoms with E-state index in [1.54, 1.807) is 0 Å².